The number of carbonyl (C=O) groups excluding carboxylic acids is 1. The number of anilines is 2. The number of benzene rings is 2. The lowest BCUT2D eigenvalue weighted by Crippen LogP contribution is -2.13. The lowest BCUT2D eigenvalue weighted by atomic mass is 10.2. The molecule has 0 aliphatic heterocycles. The molecule has 0 atom stereocenters. The highest BCUT2D eigenvalue weighted by atomic mass is 35.5. The molecule has 2 fully saturated rings. The van der Waals surface area contributed by atoms with Gasteiger partial charge in [-0.2, -0.15) is 0 Å². The lowest BCUT2D eigenvalue weighted by Gasteiger charge is -2.12. The summed E-state index contributed by atoms with van der Waals surface area (Å²) < 4.78 is 5.04. The van der Waals surface area contributed by atoms with Crippen LogP contribution >= 0.6 is 23.2 Å². The molecule has 0 spiro atoms. The average Bonchev–Trinajstić information content (AvgIpc) is 3.95. The van der Waals surface area contributed by atoms with Crippen LogP contribution < -0.4 is 10.6 Å². The first-order valence-corrected chi connectivity index (χ1v) is 15.2. The minimum absolute atomic E-state index is 0.0582. The van der Waals surface area contributed by atoms with Gasteiger partial charge in [-0.25, -0.2) is 29.5 Å². The zero-order valence-corrected chi connectivity index (χ0v) is 25.6. The van der Waals surface area contributed by atoms with Crippen LogP contribution in [0, 0.1) is 0 Å². The summed E-state index contributed by atoms with van der Waals surface area (Å²) in [5, 5.41) is 15.8. The zero-order chi connectivity index (χ0) is 31.1. The molecule has 0 amide bonds. The van der Waals surface area contributed by atoms with E-state index < -0.39 is 11.9 Å². The highest BCUT2D eigenvalue weighted by Gasteiger charge is 2.31. The van der Waals surface area contributed by atoms with E-state index in [1.54, 1.807) is 6.92 Å². The van der Waals surface area contributed by atoms with E-state index in [0.717, 1.165) is 36.8 Å². The smallest absolute Gasteiger partial charge is 0.358 e. The quantitative estimate of drug-likeness (QED) is 0.146. The third-order valence-electron chi connectivity index (χ3n) is 6.90. The summed E-state index contributed by atoms with van der Waals surface area (Å²) in [5.41, 5.74) is 2.18. The van der Waals surface area contributed by atoms with Crippen molar-refractivity contribution in [3.8, 4) is 0 Å². The van der Waals surface area contributed by atoms with Gasteiger partial charge in [-0.05, 0) is 43.7 Å². The Morgan fingerprint density at radius 2 is 1.18 bits per heavy atom. The number of hydrogen-bond acceptors (Lipinski definition) is 9. The minimum atomic E-state index is -1.13. The van der Waals surface area contributed by atoms with Crippen molar-refractivity contribution >= 4 is 46.8 Å². The number of carbonyl (C=O) groups is 2. The molecule has 2 saturated carbocycles. The summed E-state index contributed by atoms with van der Waals surface area (Å²) in [6, 6.07) is 19.7. The Bertz CT molecular complexity index is 1620. The number of esters is 1. The van der Waals surface area contributed by atoms with Crippen LogP contribution in [0.3, 0.4) is 0 Å². The van der Waals surface area contributed by atoms with E-state index in [4.69, 9.17) is 27.9 Å². The van der Waals surface area contributed by atoms with Crippen LogP contribution in [0.5, 0.6) is 0 Å². The van der Waals surface area contributed by atoms with E-state index in [2.05, 4.69) is 30.6 Å². The molecule has 3 N–H and O–H groups in total. The predicted molar refractivity (Wildman–Crippen MR) is 168 cm³/mol. The molecular formula is C32H32Cl2N6O4. The maximum atomic E-state index is 12.1. The first-order valence-electron chi connectivity index (χ1n) is 14.4. The molecule has 0 saturated heterocycles. The van der Waals surface area contributed by atoms with E-state index in [9.17, 15) is 14.7 Å². The van der Waals surface area contributed by atoms with Crippen molar-refractivity contribution in [3.63, 3.8) is 0 Å². The molecule has 44 heavy (non-hydrogen) atoms. The number of hydrogen-bond donors (Lipinski definition) is 3. The van der Waals surface area contributed by atoms with Crippen LogP contribution in [0.1, 0.15) is 88.2 Å². The highest BCUT2D eigenvalue weighted by molar-refractivity contribution is 6.36. The molecule has 2 aromatic heterocycles. The van der Waals surface area contributed by atoms with Gasteiger partial charge in [0.25, 0.3) is 0 Å². The van der Waals surface area contributed by atoms with Gasteiger partial charge < -0.3 is 20.5 Å². The number of carboxylic acids is 1. The van der Waals surface area contributed by atoms with E-state index in [1.165, 1.54) is 0 Å². The van der Waals surface area contributed by atoms with E-state index in [-0.39, 0.29) is 34.0 Å². The summed E-state index contributed by atoms with van der Waals surface area (Å²) in [6.45, 7) is 3.14. The summed E-state index contributed by atoms with van der Waals surface area (Å²) in [7, 11) is 0. The maximum absolute atomic E-state index is 12.1. The summed E-state index contributed by atoms with van der Waals surface area (Å²) in [5.74, 6) is 1.03. The minimum Gasteiger partial charge on any atom is -0.476 e. The Labute approximate surface area is 265 Å². The second-order valence-corrected chi connectivity index (χ2v) is 11.2. The largest absolute Gasteiger partial charge is 0.476 e. The van der Waals surface area contributed by atoms with Crippen molar-refractivity contribution in [2.24, 2.45) is 0 Å². The Morgan fingerprint density at radius 3 is 1.59 bits per heavy atom. The third-order valence-corrected chi connectivity index (χ3v) is 7.61. The second-order valence-electron chi connectivity index (χ2n) is 10.4. The van der Waals surface area contributed by atoms with Gasteiger partial charge in [0.2, 0.25) is 0 Å². The van der Waals surface area contributed by atoms with Gasteiger partial charge in [-0.1, -0.05) is 83.9 Å². The van der Waals surface area contributed by atoms with Crippen molar-refractivity contribution in [2.75, 3.05) is 17.2 Å². The monoisotopic (exact) mass is 634 g/mol. The summed E-state index contributed by atoms with van der Waals surface area (Å²) in [6.07, 6.45) is 4.08. The Balaban J connectivity index is 0.000000175. The Hall–Kier alpha value is -4.28. The van der Waals surface area contributed by atoms with Gasteiger partial charge in [0.15, 0.2) is 11.4 Å². The van der Waals surface area contributed by atoms with Crippen LogP contribution in [0.4, 0.5) is 11.6 Å². The molecular weight excluding hydrogens is 603 g/mol. The molecule has 2 heterocycles. The number of carboxylic acid groups (broad SMARTS) is 1. The number of aromatic nitrogens is 4. The van der Waals surface area contributed by atoms with Gasteiger partial charge in [-0.15, -0.1) is 0 Å². The van der Waals surface area contributed by atoms with Crippen LogP contribution in [0.25, 0.3) is 0 Å². The van der Waals surface area contributed by atoms with Gasteiger partial charge >= 0.3 is 11.9 Å². The molecule has 4 aromatic rings. The second kappa shape index (κ2) is 14.5. The fraction of sp³-hybridized carbons (Fsp3) is 0.312. The molecule has 228 valence electrons. The van der Waals surface area contributed by atoms with Crippen LogP contribution in [0.2, 0.25) is 10.0 Å². The standard InChI is InChI=1S/C17H18ClN3O2.C15H14ClN3O2/c1-2-23-17(22)14-13(18)16(21-15(20-14)12-8-9-12)19-10-11-6-4-3-5-7-11;16-11-12(15(20)21)18-13(10-6-7-10)19-14(11)17-8-9-4-2-1-3-5-9/h3-7,12H,2,8-10H2,1H3,(H,19,20,21);1-5,10H,6-8H2,(H,20,21)(H,17,18,19). The zero-order valence-electron chi connectivity index (χ0n) is 24.1. The van der Waals surface area contributed by atoms with E-state index in [0.29, 0.717) is 42.3 Å². The summed E-state index contributed by atoms with van der Waals surface area (Å²) in [4.78, 5) is 40.5. The number of halogens is 2. The molecule has 12 heteroatoms. The molecule has 6 rings (SSSR count). The first kappa shape index (κ1) is 31.2. The molecule has 0 radical (unpaired) electrons. The van der Waals surface area contributed by atoms with Gasteiger partial charge in [0.05, 0.1) is 6.61 Å². The number of aromatic carboxylic acids is 1. The van der Waals surface area contributed by atoms with Crippen LogP contribution in [-0.4, -0.2) is 43.6 Å². The predicted octanol–water partition coefficient (Wildman–Crippen LogP) is 7.11. The van der Waals surface area contributed by atoms with Gasteiger partial charge in [-0.3, -0.25) is 0 Å². The van der Waals surface area contributed by atoms with Crippen molar-refractivity contribution < 1.29 is 19.4 Å². The van der Waals surface area contributed by atoms with Crippen molar-refractivity contribution in [2.45, 2.75) is 57.5 Å². The first-order chi connectivity index (χ1) is 21.3. The fourth-order valence-electron chi connectivity index (χ4n) is 4.25. The number of nitrogens with zero attached hydrogens (tertiary/aromatic N) is 4. The highest BCUT2D eigenvalue weighted by Crippen LogP contribution is 2.40. The molecule has 0 unspecified atom stereocenters. The van der Waals surface area contributed by atoms with Gasteiger partial charge in [0, 0.05) is 24.9 Å². The fourth-order valence-corrected chi connectivity index (χ4v) is 4.71. The maximum Gasteiger partial charge on any atom is 0.358 e. The Morgan fingerprint density at radius 1 is 0.750 bits per heavy atom. The number of ether oxygens (including phenoxy) is 1. The average molecular weight is 636 g/mol. The van der Waals surface area contributed by atoms with Crippen molar-refractivity contribution in [1.82, 2.24) is 19.9 Å². The van der Waals surface area contributed by atoms with E-state index >= 15 is 0 Å². The van der Waals surface area contributed by atoms with Crippen molar-refractivity contribution in [1.29, 1.82) is 0 Å². The molecule has 2 aromatic carbocycles. The molecule has 10 nitrogen and oxygen atoms in total. The third kappa shape index (κ3) is 8.21. The number of nitrogens with one attached hydrogen (secondary N) is 2. The van der Waals surface area contributed by atoms with Crippen LogP contribution in [-0.2, 0) is 17.8 Å². The van der Waals surface area contributed by atoms with Crippen LogP contribution in [0.15, 0.2) is 60.7 Å². The van der Waals surface area contributed by atoms with E-state index in [1.807, 2.05) is 60.7 Å². The lowest BCUT2D eigenvalue weighted by molar-refractivity contribution is 0.0518. The SMILES string of the molecule is CCOC(=O)c1nc(C2CC2)nc(NCc2ccccc2)c1Cl.O=C(O)c1nc(C2CC2)nc(NCc2ccccc2)c1Cl. The Kier molecular flexibility index (Phi) is 10.2. The summed E-state index contributed by atoms with van der Waals surface area (Å²) >= 11 is 12.4. The topological polar surface area (TPSA) is 139 Å². The molecule has 2 aliphatic rings. The molecule has 0 bridgehead atoms. The van der Waals surface area contributed by atoms with Crippen molar-refractivity contribution in [3.05, 3.63) is 105 Å². The van der Waals surface area contributed by atoms with Gasteiger partial charge in [0.1, 0.15) is 33.3 Å². The normalized spacial score (nSPS) is 13.8. The number of rotatable bonds is 11. The molecule has 2 aliphatic carbocycles.